The van der Waals surface area contributed by atoms with Gasteiger partial charge in [0.1, 0.15) is 4.21 Å². The minimum absolute atomic E-state index is 0.140. The van der Waals surface area contributed by atoms with Crippen LogP contribution < -0.4 is 10.5 Å². The van der Waals surface area contributed by atoms with Gasteiger partial charge in [-0.3, -0.25) is 4.72 Å². The molecule has 0 radical (unpaired) electrons. The number of hydrogen-bond acceptors (Lipinski definition) is 5. The average molecular weight is 358 g/mol. The van der Waals surface area contributed by atoms with Crippen molar-refractivity contribution in [1.82, 2.24) is 0 Å². The van der Waals surface area contributed by atoms with Crippen molar-refractivity contribution in [2.24, 2.45) is 0 Å². The molecule has 2 aromatic rings. The van der Waals surface area contributed by atoms with Gasteiger partial charge in [0.25, 0.3) is 10.0 Å². The summed E-state index contributed by atoms with van der Waals surface area (Å²) in [7, 11) is -3.66. The zero-order valence-electron chi connectivity index (χ0n) is 9.42. The number of hydrogen-bond donors (Lipinski definition) is 2. The molecule has 0 bridgehead atoms. The quantitative estimate of drug-likeness (QED) is 0.882. The summed E-state index contributed by atoms with van der Waals surface area (Å²) in [5.74, 6) is 0. The van der Waals surface area contributed by atoms with Gasteiger partial charge in [0.15, 0.2) is 0 Å². The second kappa shape index (κ2) is 5.21. The summed E-state index contributed by atoms with van der Waals surface area (Å²) < 4.78 is 27.2. The average Bonchev–Trinajstić information content (AvgIpc) is 2.79. The van der Waals surface area contributed by atoms with Gasteiger partial charge < -0.3 is 5.73 Å². The van der Waals surface area contributed by atoms with Crippen molar-refractivity contribution >= 4 is 48.7 Å². The highest BCUT2D eigenvalue weighted by Gasteiger charge is 2.17. The Labute approximate surface area is 122 Å². The Morgan fingerprint density at radius 3 is 2.63 bits per heavy atom. The predicted molar refractivity (Wildman–Crippen MR) is 78.4 cm³/mol. The molecule has 1 aromatic carbocycles. The number of anilines is 2. The topological polar surface area (TPSA) is 96.0 Å². The van der Waals surface area contributed by atoms with Crippen LogP contribution in [0.5, 0.6) is 0 Å². The van der Waals surface area contributed by atoms with E-state index < -0.39 is 10.0 Å². The smallest absolute Gasteiger partial charge is 0.271 e. The molecular formula is C11H8BrN3O2S2. The summed E-state index contributed by atoms with van der Waals surface area (Å²) in [5, 5.41) is 10.3. The van der Waals surface area contributed by atoms with Crippen LogP contribution in [0.1, 0.15) is 5.56 Å². The lowest BCUT2D eigenvalue weighted by Crippen LogP contribution is -2.11. The molecule has 0 spiro atoms. The van der Waals surface area contributed by atoms with Crippen molar-refractivity contribution in [2.45, 2.75) is 4.21 Å². The maximum atomic E-state index is 12.1. The number of halogens is 1. The van der Waals surface area contributed by atoms with Crippen molar-refractivity contribution < 1.29 is 8.42 Å². The van der Waals surface area contributed by atoms with Gasteiger partial charge >= 0.3 is 0 Å². The first-order valence-electron chi connectivity index (χ1n) is 4.99. The Hall–Kier alpha value is -1.56. The van der Waals surface area contributed by atoms with E-state index in [2.05, 4.69) is 20.7 Å². The Morgan fingerprint density at radius 2 is 2.11 bits per heavy atom. The van der Waals surface area contributed by atoms with Gasteiger partial charge in [0.2, 0.25) is 0 Å². The largest absolute Gasteiger partial charge is 0.398 e. The molecule has 0 aliphatic carbocycles. The van der Waals surface area contributed by atoms with Gasteiger partial charge in [0.05, 0.1) is 17.3 Å². The van der Waals surface area contributed by atoms with Crippen LogP contribution in [0.2, 0.25) is 0 Å². The van der Waals surface area contributed by atoms with Gasteiger partial charge in [0, 0.05) is 15.5 Å². The van der Waals surface area contributed by atoms with E-state index in [0.717, 1.165) is 11.3 Å². The van der Waals surface area contributed by atoms with Crippen LogP contribution in [0.4, 0.5) is 11.4 Å². The summed E-state index contributed by atoms with van der Waals surface area (Å²) in [6, 6.07) is 7.96. The third-order valence-corrected chi connectivity index (χ3v) is 5.68. The molecule has 3 N–H and O–H groups in total. The van der Waals surface area contributed by atoms with Crippen molar-refractivity contribution in [1.29, 1.82) is 5.26 Å². The summed E-state index contributed by atoms with van der Waals surface area (Å²) in [5.41, 5.74) is 6.72. The van der Waals surface area contributed by atoms with Gasteiger partial charge in [-0.1, -0.05) is 0 Å². The van der Waals surface area contributed by atoms with Crippen LogP contribution in [0.3, 0.4) is 0 Å². The molecule has 0 aliphatic rings. The lowest BCUT2D eigenvalue weighted by atomic mass is 10.2. The van der Waals surface area contributed by atoms with Gasteiger partial charge in [-0.05, 0) is 40.2 Å². The maximum Gasteiger partial charge on any atom is 0.271 e. The van der Waals surface area contributed by atoms with Crippen molar-refractivity contribution in [2.75, 3.05) is 10.5 Å². The van der Waals surface area contributed by atoms with Crippen LogP contribution in [-0.4, -0.2) is 8.42 Å². The molecule has 8 heteroatoms. The fourth-order valence-electron chi connectivity index (χ4n) is 1.33. The molecule has 2 rings (SSSR count). The Bertz CT molecular complexity index is 762. The van der Waals surface area contributed by atoms with Crippen LogP contribution in [0.25, 0.3) is 0 Å². The molecule has 98 valence electrons. The van der Waals surface area contributed by atoms with Gasteiger partial charge in [-0.25, -0.2) is 8.42 Å². The number of nitrogens with one attached hydrogen (secondary N) is 1. The van der Waals surface area contributed by atoms with E-state index in [0.29, 0.717) is 21.4 Å². The number of nitrogens with zero attached hydrogens (tertiary/aromatic N) is 1. The molecule has 0 amide bonds. The molecular weight excluding hydrogens is 350 g/mol. The Balaban J connectivity index is 2.34. The highest BCUT2D eigenvalue weighted by molar-refractivity contribution is 9.10. The third-order valence-electron chi connectivity index (χ3n) is 2.20. The number of nitriles is 1. The summed E-state index contributed by atoms with van der Waals surface area (Å²) in [4.78, 5) is 0. The molecule has 1 aromatic heterocycles. The molecule has 0 saturated carbocycles. The Morgan fingerprint density at radius 1 is 1.37 bits per heavy atom. The van der Waals surface area contributed by atoms with E-state index >= 15 is 0 Å². The van der Waals surface area contributed by atoms with Crippen molar-refractivity contribution in [3.8, 4) is 6.07 Å². The molecule has 0 atom stereocenters. The lowest BCUT2D eigenvalue weighted by Gasteiger charge is -2.08. The molecule has 0 unspecified atom stereocenters. The fraction of sp³-hybridized carbons (Fsp3) is 0. The molecule has 5 nitrogen and oxygen atoms in total. The SMILES string of the molecule is N#Cc1ccc(NS(=O)(=O)c2cc(N)cs2)c(Br)c1. The standard InChI is InChI=1S/C11H8BrN3O2S2/c12-9-3-7(5-13)1-2-10(9)15-19(16,17)11-4-8(14)6-18-11/h1-4,6,15H,14H2. The van der Waals surface area contributed by atoms with E-state index in [4.69, 9.17) is 11.0 Å². The van der Waals surface area contributed by atoms with Gasteiger partial charge in [-0.15, -0.1) is 11.3 Å². The second-order valence-corrected chi connectivity index (χ2v) is 7.29. The van der Waals surface area contributed by atoms with Crippen LogP contribution in [0, 0.1) is 11.3 Å². The zero-order valence-corrected chi connectivity index (χ0v) is 12.6. The summed E-state index contributed by atoms with van der Waals surface area (Å²) >= 11 is 4.27. The highest BCUT2D eigenvalue weighted by Crippen LogP contribution is 2.28. The minimum Gasteiger partial charge on any atom is -0.398 e. The first kappa shape index (κ1) is 13.9. The first-order valence-corrected chi connectivity index (χ1v) is 8.14. The number of sulfonamides is 1. The molecule has 1 heterocycles. The normalized spacial score (nSPS) is 10.9. The molecule has 19 heavy (non-hydrogen) atoms. The van der Waals surface area contributed by atoms with Crippen molar-refractivity contribution in [3.63, 3.8) is 0 Å². The maximum absolute atomic E-state index is 12.1. The number of nitrogens with two attached hydrogens (primary N) is 1. The number of benzene rings is 1. The van der Waals surface area contributed by atoms with E-state index in [1.807, 2.05) is 6.07 Å². The first-order chi connectivity index (χ1) is 8.92. The lowest BCUT2D eigenvalue weighted by molar-refractivity contribution is 0.603. The van der Waals surface area contributed by atoms with Crippen LogP contribution in [-0.2, 0) is 10.0 Å². The van der Waals surface area contributed by atoms with E-state index in [1.54, 1.807) is 11.4 Å². The number of thiophene rings is 1. The minimum atomic E-state index is -3.66. The van der Waals surface area contributed by atoms with Crippen LogP contribution >= 0.6 is 27.3 Å². The third kappa shape index (κ3) is 3.07. The zero-order chi connectivity index (χ0) is 14.0. The fourth-order valence-corrected chi connectivity index (χ4v) is 4.10. The van der Waals surface area contributed by atoms with E-state index in [9.17, 15) is 8.42 Å². The highest BCUT2D eigenvalue weighted by atomic mass is 79.9. The van der Waals surface area contributed by atoms with Gasteiger partial charge in [-0.2, -0.15) is 5.26 Å². The van der Waals surface area contributed by atoms with Crippen LogP contribution in [0.15, 0.2) is 38.3 Å². The number of nitrogen functional groups attached to an aromatic ring is 1. The van der Waals surface area contributed by atoms with E-state index in [-0.39, 0.29) is 4.21 Å². The second-order valence-electron chi connectivity index (χ2n) is 3.61. The summed E-state index contributed by atoms with van der Waals surface area (Å²) in [6.45, 7) is 0. The molecule has 0 aliphatic heterocycles. The molecule has 0 fully saturated rings. The molecule has 0 saturated heterocycles. The predicted octanol–water partition coefficient (Wildman–Crippen LogP) is 2.77. The Kier molecular flexibility index (Phi) is 3.80. The van der Waals surface area contributed by atoms with E-state index in [1.165, 1.54) is 18.2 Å². The monoisotopic (exact) mass is 357 g/mol. The van der Waals surface area contributed by atoms with Crippen molar-refractivity contribution in [3.05, 3.63) is 39.7 Å². The summed E-state index contributed by atoms with van der Waals surface area (Å²) in [6.07, 6.45) is 0. The number of rotatable bonds is 3.